The van der Waals surface area contributed by atoms with Crippen molar-refractivity contribution in [1.82, 2.24) is 20.5 Å². The van der Waals surface area contributed by atoms with E-state index in [-0.39, 0.29) is 11.1 Å². The maximum absolute atomic E-state index is 13.2. The van der Waals surface area contributed by atoms with Crippen LogP contribution in [0.4, 0.5) is 15.0 Å². The highest BCUT2D eigenvalue weighted by molar-refractivity contribution is 6.30. The second-order valence-electron chi connectivity index (χ2n) is 5.34. The molecule has 0 radical (unpaired) electrons. The number of benzene rings is 1. The minimum Gasteiger partial charge on any atom is -0.479 e. The average Bonchev–Trinajstić information content (AvgIpc) is 2.99. The van der Waals surface area contributed by atoms with Crippen LogP contribution in [-0.4, -0.2) is 28.3 Å². The van der Waals surface area contributed by atoms with E-state index >= 15 is 0 Å². The van der Waals surface area contributed by atoms with Gasteiger partial charge in [-0.05, 0) is 24.6 Å². The first-order valence-electron chi connectivity index (χ1n) is 7.38. The maximum atomic E-state index is 13.2. The second kappa shape index (κ2) is 6.94. The Bertz CT molecular complexity index is 930. The maximum Gasteiger partial charge on any atom is 0.320 e. The quantitative estimate of drug-likeness (QED) is 0.659. The van der Waals surface area contributed by atoms with Crippen molar-refractivity contribution in [3.63, 3.8) is 0 Å². The monoisotopic (exact) mass is 363 g/mol. The predicted molar refractivity (Wildman–Crippen MR) is 92.4 cm³/mol. The van der Waals surface area contributed by atoms with Crippen LogP contribution in [0.3, 0.4) is 0 Å². The molecule has 3 aromatic rings. The second-order valence-corrected chi connectivity index (χ2v) is 5.75. The normalized spacial score (nSPS) is 12.0. The molecule has 3 rings (SSSR count). The van der Waals surface area contributed by atoms with Crippen LogP contribution in [0.5, 0.6) is 5.88 Å². The molecule has 25 heavy (non-hydrogen) atoms. The topological polar surface area (TPSA) is 91.9 Å². The number of rotatable bonds is 4. The summed E-state index contributed by atoms with van der Waals surface area (Å²) in [5, 5.41) is 12.9. The van der Waals surface area contributed by atoms with E-state index in [4.69, 9.17) is 16.3 Å². The number of fused-ring (bicyclic) bond motifs is 1. The number of pyridine rings is 1. The molecule has 2 heterocycles. The van der Waals surface area contributed by atoms with Gasteiger partial charge in [-0.2, -0.15) is 0 Å². The van der Waals surface area contributed by atoms with E-state index in [1.165, 1.54) is 19.2 Å². The lowest BCUT2D eigenvalue weighted by Gasteiger charge is -2.15. The lowest BCUT2D eigenvalue weighted by molar-refractivity contribution is 0.249. The molecule has 0 bridgehead atoms. The number of methoxy groups -OCH3 is 1. The zero-order chi connectivity index (χ0) is 18.0. The standard InChI is InChI=1S/C16H15ClFN5O2/c1-8(9-3-4-12(18)11(17)5-9)20-16(24)21-14-6-13-10(7-19-14)15(25-2)23-22-13/h3-8H,1-2H3,(H,22,23)(H2,19,20,21,24)/t8-/m1/s1. The van der Waals surface area contributed by atoms with Crippen molar-refractivity contribution >= 4 is 34.4 Å². The predicted octanol–water partition coefficient (Wildman–Crippen LogP) is 3.64. The summed E-state index contributed by atoms with van der Waals surface area (Å²) >= 11 is 5.76. The summed E-state index contributed by atoms with van der Waals surface area (Å²) in [4.78, 5) is 16.3. The summed E-state index contributed by atoms with van der Waals surface area (Å²) in [5.41, 5.74) is 1.36. The molecule has 130 valence electrons. The number of aromatic nitrogens is 3. The van der Waals surface area contributed by atoms with Gasteiger partial charge in [0.1, 0.15) is 11.6 Å². The van der Waals surface area contributed by atoms with E-state index in [2.05, 4.69) is 25.8 Å². The van der Waals surface area contributed by atoms with Gasteiger partial charge in [0.2, 0.25) is 5.88 Å². The number of nitrogens with one attached hydrogen (secondary N) is 3. The number of H-pyrrole nitrogens is 1. The molecule has 3 N–H and O–H groups in total. The Morgan fingerprint density at radius 1 is 1.40 bits per heavy atom. The molecule has 1 aromatic carbocycles. The molecule has 0 spiro atoms. The van der Waals surface area contributed by atoms with Crippen molar-refractivity contribution in [3.8, 4) is 5.88 Å². The molecule has 2 aromatic heterocycles. The van der Waals surface area contributed by atoms with Gasteiger partial charge in [-0.25, -0.2) is 14.2 Å². The molecule has 0 saturated heterocycles. The molecule has 0 saturated carbocycles. The fraction of sp³-hybridized carbons (Fsp3) is 0.188. The van der Waals surface area contributed by atoms with Gasteiger partial charge in [-0.15, -0.1) is 5.10 Å². The van der Waals surface area contributed by atoms with Crippen LogP contribution in [-0.2, 0) is 0 Å². The molecule has 0 aliphatic heterocycles. The molecular formula is C16H15ClFN5O2. The largest absolute Gasteiger partial charge is 0.479 e. The molecule has 0 unspecified atom stereocenters. The van der Waals surface area contributed by atoms with Gasteiger partial charge in [0.15, 0.2) is 0 Å². The molecule has 9 heteroatoms. The SMILES string of the molecule is COc1n[nH]c2cc(NC(=O)N[C@H](C)c3ccc(F)c(Cl)c3)ncc12. The van der Waals surface area contributed by atoms with E-state index in [0.717, 1.165) is 0 Å². The highest BCUT2D eigenvalue weighted by atomic mass is 35.5. The highest BCUT2D eigenvalue weighted by Gasteiger charge is 2.13. The number of urea groups is 1. The van der Waals surface area contributed by atoms with Gasteiger partial charge < -0.3 is 10.1 Å². The Morgan fingerprint density at radius 3 is 2.92 bits per heavy atom. The van der Waals surface area contributed by atoms with E-state index < -0.39 is 11.8 Å². The van der Waals surface area contributed by atoms with Crippen LogP contribution in [0.25, 0.3) is 10.9 Å². The Kier molecular flexibility index (Phi) is 4.71. The molecule has 2 amide bonds. The number of anilines is 1. The van der Waals surface area contributed by atoms with Gasteiger partial charge in [-0.3, -0.25) is 10.4 Å². The average molecular weight is 364 g/mol. The van der Waals surface area contributed by atoms with Crippen LogP contribution in [0.2, 0.25) is 5.02 Å². The number of aromatic amines is 1. The fourth-order valence-electron chi connectivity index (χ4n) is 2.33. The van der Waals surface area contributed by atoms with Crippen molar-refractivity contribution in [3.05, 3.63) is 46.9 Å². The van der Waals surface area contributed by atoms with E-state index in [0.29, 0.717) is 28.2 Å². The Balaban J connectivity index is 1.68. The Morgan fingerprint density at radius 2 is 2.20 bits per heavy atom. The number of nitrogens with zero attached hydrogens (tertiary/aromatic N) is 2. The summed E-state index contributed by atoms with van der Waals surface area (Å²) in [6.45, 7) is 1.76. The minimum absolute atomic E-state index is 0.00636. The number of hydrogen-bond donors (Lipinski definition) is 3. The molecule has 0 aliphatic carbocycles. The fourth-order valence-corrected chi connectivity index (χ4v) is 2.52. The summed E-state index contributed by atoms with van der Waals surface area (Å²) in [6.07, 6.45) is 1.55. The van der Waals surface area contributed by atoms with Crippen molar-refractivity contribution in [2.24, 2.45) is 0 Å². The third-order valence-electron chi connectivity index (χ3n) is 3.64. The summed E-state index contributed by atoms with van der Waals surface area (Å²) in [6, 6.07) is 5.12. The highest BCUT2D eigenvalue weighted by Crippen LogP contribution is 2.23. The number of hydrogen-bond acceptors (Lipinski definition) is 4. The third kappa shape index (κ3) is 3.63. The number of halogens is 2. The van der Waals surface area contributed by atoms with Crippen LogP contribution in [0.1, 0.15) is 18.5 Å². The zero-order valence-corrected chi connectivity index (χ0v) is 14.2. The number of ether oxygens (including phenoxy) is 1. The van der Waals surface area contributed by atoms with E-state index in [1.54, 1.807) is 25.3 Å². The summed E-state index contributed by atoms with van der Waals surface area (Å²) in [7, 11) is 1.51. The van der Waals surface area contributed by atoms with Gasteiger partial charge >= 0.3 is 6.03 Å². The van der Waals surface area contributed by atoms with Crippen LogP contribution in [0.15, 0.2) is 30.5 Å². The van der Waals surface area contributed by atoms with Crippen LogP contribution in [0, 0.1) is 5.82 Å². The van der Waals surface area contributed by atoms with Crippen LogP contribution >= 0.6 is 11.6 Å². The van der Waals surface area contributed by atoms with Gasteiger partial charge in [-0.1, -0.05) is 17.7 Å². The first kappa shape index (κ1) is 17.0. The van der Waals surface area contributed by atoms with E-state index in [1.807, 2.05) is 0 Å². The molecule has 0 fully saturated rings. The first-order valence-corrected chi connectivity index (χ1v) is 7.76. The molecule has 0 aliphatic rings. The zero-order valence-electron chi connectivity index (χ0n) is 13.4. The Labute approximate surface area is 147 Å². The van der Waals surface area contributed by atoms with Crippen molar-refractivity contribution in [2.75, 3.05) is 12.4 Å². The van der Waals surface area contributed by atoms with Crippen molar-refractivity contribution < 1.29 is 13.9 Å². The third-order valence-corrected chi connectivity index (χ3v) is 3.93. The lowest BCUT2D eigenvalue weighted by atomic mass is 10.1. The number of carbonyl (C=O) groups excluding carboxylic acids is 1. The van der Waals surface area contributed by atoms with Crippen molar-refractivity contribution in [1.29, 1.82) is 0 Å². The van der Waals surface area contributed by atoms with Gasteiger partial charge in [0.05, 0.1) is 29.1 Å². The molecular weight excluding hydrogens is 349 g/mol. The van der Waals surface area contributed by atoms with Crippen molar-refractivity contribution in [2.45, 2.75) is 13.0 Å². The lowest BCUT2D eigenvalue weighted by Crippen LogP contribution is -2.31. The molecule has 7 nitrogen and oxygen atoms in total. The van der Waals surface area contributed by atoms with E-state index in [9.17, 15) is 9.18 Å². The Hall–Kier alpha value is -2.87. The minimum atomic E-state index is -0.505. The van der Waals surface area contributed by atoms with Crippen LogP contribution < -0.4 is 15.4 Å². The smallest absolute Gasteiger partial charge is 0.320 e. The molecule has 1 atom stereocenters. The first-order chi connectivity index (χ1) is 12.0. The van der Waals surface area contributed by atoms with Gasteiger partial charge in [0.25, 0.3) is 0 Å². The number of carbonyl (C=O) groups is 1. The van der Waals surface area contributed by atoms with Gasteiger partial charge in [0, 0.05) is 12.3 Å². The summed E-state index contributed by atoms with van der Waals surface area (Å²) < 4.78 is 18.3. The summed E-state index contributed by atoms with van der Waals surface area (Å²) in [5.74, 6) is 0.274. The number of amides is 2.